The third kappa shape index (κ3) is 3.69. The van der Waals surface area contributed by atoms with E-state index in [0.717, 1.165) is 10.1 Å². The van der Waals surface area contributed by atoms with E-state index in [0.29, 0.717) is 16.3 Å². The van der Waals surface area contributed by atoms with E-state index >= 15 is 0 Å². The summed E-state index contributed by atoms with van der Waals surface area (Å²) >= 11 is 7.48. The average Bonchev–Trinajstić information content (AvgIpc) is 2.99. The largest absolute Gasteiger partial charge is 0.448 e. The Labute approximate surface area is 158 Å². The summed E-state index contributed by atoms with van der Waals surface area (Å²) in [4.78, 5) is 24.9. The maximum atomic E-state index is 12.4. The first-order valence-corrected chi connectivity index (χ1v) is 8.88. The third-order valence-electron chi connectivity index (χ3n) is 3.65. The van der Waals surface area contributed by atoms with E-state index in [-0.39, 0.29) is 4.88 Å². The van der Waals surface area contributed by atoms with Crippen LogP contribution in [-0.2, 0) is 9.53 Å². The van der Waals surface area contributed by atoms with Crippen LogP contribution >= 0.6 is 22.9 Å². The van der Waals surface area contributed by atoms with Gasteiger partial charge in [0.15, 0.2) is 6.10 Å². The third-order valence-corrected chi connectivity index (χ3v) is 5.31. The van der Waals surface area contributed by atoms with Gasteiger partial charge in [0.05, 0.1) is 16.7 Å². The Morgan fingerprint density at radius 1 is 1.19 bits per heavy atom. The molecule has 26 heavy (non-hydrogen) atoms. The summed E-state index contributed by atoms with van der Waals surface area (Å²) in [5.41, 5.74) is 0.999. The summed E-state index contributed by atoms with van der Waals surface area (Å²) in [5, 5.41) is 12.5. The second-order valence-corrected chi connectivity index (χ2v) is 6.90. The second-order valence-electron chi connectivity index (χ2n) is 5.47. The number of rotatable bonds is 4. The van der Waals surface area contributed by atoms with Crippen molar-refractivity contribution in [1.29, 1.82) is 5.26 Å². The molecule has 1 atom stereocenters. The fourth-order valence-corrected chi connectivity index (χ4v) is 3.68. The SMILES string of the molecule is C[C@@H](OC(=O)c1sc2ccccc2c1Cl)C(=O)Nc1ccc(C#N)cc1. The Kier molecular flexibility index (Phi) is 5.21. The number of hydrogen-bond donors (Lipinski definition) is 1. The van der Waals surface area contributed by atoms with Crippen molar-refractivity contribution in [2.75, 3.05) is 5.32 Å². The van der Waals surface area contributed by atoms with Crippen LogP contribution in [-0.4, -0.2) is 18.0 Å². The van der Waals surface area contributed by atoms with Crippen molar-refractivity contribution in [3.05, 3.63) is 64.0 Å². The lowest BCUT2D eigenvalue weighted by atomic mass is 10.2. The first-order valence-electron chi connectivity index (χ1n) is 7.68. The Bertz CT molecular complexity index is 1020. The van der Waals surface area contributed by atoms with Gasteiger partial charge in [-0.25, -0.2) is 4.79 Å². The van der Waals surface area contributed by atoms with Crippen molar-refractivity contribution >= 4 is 50.6 Å². The van der Waals surface area contributed by atoms with Gasteiger partial charge in [0.2, 0.25) is 0 Å². The molecule has 0 aliphatic carbocycles. The minimum Gasteiger partial charge on any atom is -0.448 e. The number of nitriles is 1. The fourth-order valence-electron chi connectivity index (χ4n) is 2.28. The number of fused-ring (bicyclic) bond motifs is 1. The molecule has 1 aromatic heterocycles. The number of halogens is 1. The number of esters is 1. The van der Waals surface area contributed by atoms with Gasteiger partial charge in [0, 0.05) is 15.8 Å². The number of carbonyl (C=O) groups excluding carboxylic acids is 2. The zero-order valence-electron chi connectivity index (χ0n) is 13.7. The van der Waals surface area contributed by atoms with Crippen LogP contribution in [0.4, 0.5) is 5.69 Å². The number of thiophene rings is 1. The fraction of sp³-hybridized carbons (Fsp3) is 0.105. The first-order chi connectivity index (χ1) is 12.5. The van der Waals surface area contributed by atoms with Crippen molar-refractivity contribution in [3.63, 3.8) is 0 Å². The van der Waals surface area contributed by atoms with Crippen LogP contribution < -0.4 is 5.32 Å². The van der Waals surface area contributed by atoms with E-state index < -0.39 is 18.0 Å². The Morgan fingerprint density at radius 2 is 1.88 bits per heavy atom. The lowest BCUT2D eigenvalue weighted by molar-refractivity contribution is -0.123. The summed E-state index contributed by atoms with van der Waals surface area (Å²) in [6, 6.07) is 15.8. The lowest BCUT2D eigenvalue weighted by Crippen LogP contribution is -2.29. The summed E-state index contributed by atoms with van der Waals surface area (Å²) in [5.74, 6) is -1.11. The standard InChI is InChI=1S/C19H13ClN2O3S/c1-11(18(23)22-13-8-6-12(10-21)7-9-13)25-19(24)17-16(20)14-4-2-3-5-15(14)26-17/h2-9,11H,1H3,(H,22,23)/t11-/m1/s1. The molecule has 3 rings (SSSR count). The average molecular weight is 385 g/mol. The predicted molar refractivity (Wildman–Crippen MR) is 101 cm³/mol. The van der Waals surface area contributed by atoms with Gasteiger partial charge < -0.3 is 10.1 Å². The molecule has 0 unspecified atom stereocenters. The minimum absolute atomic E-state index is 0.269. The number of anilines is 1. The molecule has 0 saturated carbocycles. The van der Waals surface area contributed by atoms with Crippen molar-refractivity contribution in [2.45, 2.75) is 13.0 Å². The van der Waals surface area contributed by atoms with Crippen molar-refractivity contribution in [2.24, 2.45) is 0 Å². The minimum atomic E-state index is -1.00. The van der Waals surface area contributed by atoms with Gasteiger partial charge in [-0.15, -0.1) is 11.3 Å². The Balaban J connectivity index is 1.68. The zero-order chi connectivity index (χ0) is 18.7. The molecular formula is C19H13ClN2O3S. The smallest absolute Gasteiger partial charge is 0.350 e. The van der Waals surface area contributed by atoms with Crippen LogP contribution in [0, 0.1) is 11.3 Å². The molecule has 2 aromatic carbocycles. The second kappa shape index (κ2) is 7.56. The van der Waals surface area contributed by atoms with Gasteiger partial charge in [-0.2, -0.15) is 5.26 Å². The van der Waals surface area contributed by atoms with Crippen LogP contribution in [0.15, 0.2) is 48.5 Å². The van der Waals surface area contributed by atoms with E-state index in [1.54, 1.807) is 24.3 Å². The van der Waals surface area contributed by atoms with Gasteiger partial charge in [0.25, 0.3) is 5.91 Å². The highest BCUT2D eigenvalue weighted by molar-refractivity contribution is 7.21. The molecule has 0 radical (unpaired) electrons. The molecule has 0 saturated heterocycles. The predicted octanol–water partition coefficient (Wildman–Crippen LogP) is 4.61. The van der Waals surface area contributed by atoms with Gasteiger partial charge in [-0.1, -0.05) is 29.8 Å². The quantitative estimate of drug-likeness (QED) is 0.666. The van der Waals surface area contributed by atoms with Crippen molar-refractivity contribution in [3.8, 4) is 6.07 Å². The molecular weight excluding hydrogens is 372 g/mol. The van der Waals surface area contributed by atoms with Crippen LogP contribution in [0.1, 0.15) is 22.2 Å². The van der Waals surface area contributed by atoms with Crippen LogP contribution in [0.2, 0.25) is 5.02 Å². The molecule has 0 bridgehead atoms. The Morgan fingerprint density at radius 3 is 2.54 bits per heavy atom. The summed E-state index contributed by atoms with van der Waals surface area (Å²) in [6.45, 7) is 1.48. The number of ether oxygens (including phenoxy) is 1. The molecule has 3 aromatic rings. The number of nitrogens with zero attached hydrogens (tertiary/aromatic N) is 1. The molecule has 0 spiro atoms. The molecule has 1 heterocycles. The van der Waals surface area contributed by atoms with E-state index in [9.17, 15) is 9.59 Å². The number of benzene rings is 2. The Hall–Kier alpha value is -2.88. The number of carbonyl (C=O) groups is 2. The number of hydrogen-bond acceptors (Lipinski definition) is 5. The van der Waals surface area contributed by atoms with E-state index in [1.165, 1.54) is 18.3 Å². The molecule has 0 fully saturated rings. The topological polar surface area (TPSA) is 79.2 Å². The number of nitrogens with one attached hydrogen (secondary N) is 1. The summed E-state index contributed by atoms with van der Waals surface area (Å²) < 4.78 is 6.12. The lowest BCUT2D eigenvalue weighted by Gasteiger charge is -2.13. The first kappa shape index (κ1) is 17.9. The molecule has 5 nitrogen and oxygen atoms in total. The monoisotopic (exact) mass is 384 g/mol. The molecule has 1 N–H and O–H groups in total. The normalized spacial score (nSPS) is 11.6. The van der Waals surface area contributed by atoms with Gasteiger partial charge in [-0.3, -0.25) is 4.79 Å². The van der Waals surface area contributed by atoms with E-state index in [1.807, 2.05) is 30.3 Å². The van der Waals surface area contributed by atoms with Gasteiger partial charge in [-0.05, 0) is 37.3 Å². The highest BCUT2D eigenvalue weighted by Crippen LogP contribution is 2.35. The molecule has 7 heteroatoms. The zero-order valence-corrected chi connectivity index (χ0v) is 15.2. The van der Waals surface area contributed by atoms with Crippen LogP contribution in [0.5, 0.6) is 0 Å². The highest BCUT2D eigenvalue weighted by atomic mass is 35.5. The van der Waals surface area contributed by atoms with Crippen LogP contribution in [0.3, 0.4) is 0 Å². The molecule has 0 aliphatic rings. The molecule has 0 aliphatic heterocycles. The van der Waals surface area contributed by atoms with Crippen molar-refractivity contribution in [1.82, 2.24) is 0 Å². The van der Waals surface area contributed by atoms with Gasteiger partial charge >= 0.3 is 5.97 Å². The molecule has 130 valence electrons. The van der Waals surface area contributed by atoms with E-state index in [2.05, 4.69) is 5.32 Å². The van der Waals surface area contributed by atoms with Crippen LogP contribution in [0.25, 0.3) is 10.1 Å². The summed E-state index contributed by atoms with van der Waals surface area (Å²) in [7, 11) is 0. The van der Waals surface area contributed by atoms with Crippen molar-refractivity contribution < 1.29 is 14.3 Å². The maximum Gasteiger partial charge on any atom is 0.350 e. The molecule has 1 amide bonds. The maximum absolute atomic E-state index is 12.4. The van der Waals surface area contributed by atoms with E-state index in [4.69, 9.17) is 21.6 Å². The van der Waals surface area contributed by atoms with Gasteiger partial charge in [0.1, 0.15) is 4.88 Å². The number of amides is 1. The highest BCUT2D eigenvalue weighted by Gasteiger charge is 2.23. The summed E-state index contributed by atoms with van der Waals surface area (Å²) in [6.07, 6.45) is -1.00.